The molecule has 0 N–H and O–H groups in total. The van der Waals surface area contributed by atoms with Crippen molar-refractivity contribution in [2.75, 3.05) is 13.1 Å². The molecule has 0 unspecified atom stereocenters. The SMILES string of the molecule is CC(C)CN(C(=O)OCc1ccccc1)C(=O)N(CCCc1ccccc1)C(=O)c1nc2ccccc2o1. The first kappa shape index (κ1) is 26.6. The Morgan fingerprint density at radius 3 is 2.13 bits per heavy atom. The quantitative estimate of drug-likeness (QED) is 0.260. The van der Waals surface area contributed by atoms with Crippen molar-refractivity contribution in [3.8, 4) is 0 Å². The molecule has 4 aromatic rings. The number of hydrogen-bond acceptors (Lipinski definition) is 6. The van der Waals surface area contributed by atoms with Crippen molar-refractivity contribution in [2.24, 2.45) is 5.92 Å². The third-order valence-corrected chi connectivity index (χ3v) is 5.85. The topological polar surface area (TPSA) is 93.0 Å². The van der Waals surface area contributed by atoms with Crippen LogP contribution < -0.4 is 0 Å². The van der Waals surface area contributed by atoms with Crippen LogP contribution in [0.1, 0.15) is 42.1 Å². The van der Waals surface area contributed by atoms with Gasteiger partial charge in [0, 0.05) is 13.1 Å². The minimum absolute atomic E-state index is 0.00856. The molecule has 1 aromatic heterocycles. The second-order valence-electron chi connectivity index (χ2n) is 9.36. The molecule has 4 amide bonds. The molecule has 0 saturated carbocycles. The molecule has 0 spiro atoms. The molecule has 0 aliphatic heterocycles. The molecule has 8 heteroatoms. The van der Waals surface area contributed by atoms with Crippen LogP contribution >= 0.6 is 0 Å². The van der Waals surface area contributed by atoms with Crippen LogP contribution in [0.3, 0.4) is 0 Å². The lowest BCUT2D eigenvalue weighted by Crippen LogP contribution is -2.50. The van der Waals surface area contributed by atoms with Gasteiger partial charge in [-0.25, -0.2) is 19.5 Å². The van der Waals surface area contributed by atoms with Crippen LogP contribution in [0.5, 0.6) is 0 Å². The Morgan fingerprint density at radius 1 is 0.842 bits per heavy atom. The van der Waals surface area contributed by atoms with Gasteiger partial charge in [0.2, 0.25) is 0 Å². The van der Waals surface area contributed by atoms with E-state index in [1.165, 1.54) is 0 Å². The first-order valence-electron chi connectivity index (χ1n) is 12.7. The van der Waals surface area contributed by atoms with E-state index < -0.39 is 18.0 Å². The van der Waals surface area contributed by atoms with Crippen molar-refractivity contribution in [1.82, 2.24) is 14.8 Å². The summed E-state index contributed by atoms with van der Waals surface area (Å²) in [5, 5.41) is 0. The van der Waals surface area contributed by atoms with Crippen LogP contribution in [0.2, 0.25) is 0 Å². The van der Waals surface area contributed by atoms with Gasteiger partial charge in [0.1, 0.15) is 12.1 Å². The number of aryl methyl sites for hydroxylation is 1. The zero-order valence-electron chi connectivity index (χ0n) is 21.6. The number of fused-ring (bicyclic) bond motifs is 1. The van der Waals surface area contributed by atoms with Crippen LogP contribution in [-0.2, 0) is 17.8 Å². The monoisotopic (exact) mass is 513 g/mol. The number of nitrogens with zero attached hydrogens (tertiary/aromatic N) is 3. The van der Waals surface area contributed by atoms with Crippen LogP contribution in [-0.4, -0.2) is 45.9 Å². The van der Waals surface area contributed by atoms with Crippen molar-refractivity contribution in [3.63, 3.8) is 0 Å². The maximum absolute atomic E-state index is 13.8. The van der Waals surface area contributed by atoms with Crippen molar-refractivity contribution >= 4 is 29.1 Å². The highest BCUT2D eigenvalue weighted by Crippen LogP contribution is 2.18. The predicted octanol–water partition coefficient (Wildman–Crippen LogP) is 6.32. The standard InChI is InChI=1S/C30H31N3O5/c1-22(2)20-33(30(36)37-21-24-14-7-4-8-15-24)29(35)32(19-11-16-23-12-5-3-6-13-23)28(34)27-31-25-17-9-10-18-26(25)38-27/h3-10,12-15,17-18,22H,11,16,19-21H2,1-2H3. The summed E-state index contributed by atoms with van der Waals surface area (Å²) in [4.78, 5) is 46.7. The molecule has 3 aromatic carbocycles. The molecule has 0 radical (unpaired) electrons. The number of carbonyl (C=O) groups excluding carboxylic acids is 3. The Labute approximate surface area is 221 Å². The van der Waals surface area contributed by atoms with E-state index in [9.17, 15) is 14.4 Å². The predicted molar refractivity (Wildman–Crippen MR) is 143 cm³/mol. The Morgan fingerprint density at radius 2 is 1.47 bits per heavy atom. The van der Waals surface area contributed by atoms with E-state index in [0.29, 0.717) is 23.9 Å². The van der Waals surface area contributed by atoms with Crippen molar-refractivity contribution in [1.29, 1.82) is 0 Å². The van der Waals surface area contributed by atoms with E-state index in [2.05, 4.69) is 4.98 Å². The Balaban J connectivity index is 1.56. The Bertz CT molecular complexity index is 1340. The second-order valence-corrected chi connectivity index (χ2v) is 9.36. The van der Waals surface area contributed by atoms with Gasteiger partial charge in [0.25, 0.3) is 5.89 Å². The van der Waals surface area contributed by atoms with Gasteiger partial charge < -0.3 is 9.15 Å². The lowest BCUT2D eigenvalue weighted by molar-refractivity contribution is 0.0672. The minimum Gasteiger partial charge on any atom is -0.444 e. The molecule has 0 aliphatic rings. The molecular weight excluding hydrogens is 482 g/mol. The van der Waals surface area contributed by atoms with Gasteiger partial charge in [0.05, 0.1) is 0 Å². The van der Waals surface area contributed by atoms with Gasteiger partial charge in [0.15, 0.2) is 5.58 Å². The van der Waals surface area contributed by atoms with E-state index in [1.807, 2.05) is 74.5 Å². The fraction of sp³-hybridized carbons (Fsp3) is 0.267. The number of rotatable bonds is 9. The maximum Gasteiger partial charge on any atom is 0.418 e. The number of oxazole rings is 1. The number of hydrogen-bond donors (Lipinski definition) is 0. The van der Waals surface area contributed by atoms with Crippen LogP contribution in [0.25, 0.3) is 11.1 Å². The van der Waals surface area contributed by atoms with E-state index >= 15 is 0 Å². The number of amides is 4. The summed E-state index contributed by atoms with van der Waals surface area (Å²) in [7, 11) is 0. The summed E-state index contributed by atoms with van der Waals surface area (Å²) in [5.74, 6) is -0.959. The molecule has 0 atom stereocenters. The third kappa shape index (κ3) is 6.85. The number of imide groups is 2. The van der Waals surface area contributed by atoms with Crippen LogP contribution in [0.15, 0.2) is 89.3 Å². The summed E-state index contributed by atoms with van der Waals surface area (Å²) < 4.78 is 11.1. The highest BCUT2D eigenvalue weighted by atomic mass is 16.6. The lowest BCUT2D eigenvalue weighted by atomic mass is 10.1. The summed E-state index contributed by atoms with van der Waals surface area (Å²) >= 11 is 0. The van der Waals surface area contributed by atoms with E-state index in [4.69, 9.17) is 9.15 Å². The average molecular weight is 514 g/mol. The highest BCUT2D eigenvalue weighted by Gasteiger charge is 2.34. The van der Waals surface area contributed by atoms with Gasteiger partial charge in [-0.3, -0.25) is 9.69 Å². The van der Waals surface area contributed by atoms with E-state index in [0.717, 1.165) is 20.9 Å². The maximum atomic E-state index is 13.8. The van der Waals surface area contributed by atoms with Gasteiger partial charge in [-0.15, -0.1) is 0 Å². The highest BCUT2D eigenvalue weighted by molar-refractivity contribution is 6.05. The molecule has 196 valence electrons. The molecule has 0 fully saturated rings. The van der Waals surface area contributed by atoms with E-state index in [1.54, 1.807) is 24.3 Å². The zero-order chi connectivity index (χ0) is 26.9. The third-order valence-electron chi connectivity index (χ3n) is 5.85. The summed E-state index contributed by atoms with van der Waals surface area (Å²) in [6.45, 7) is 3.93. The number of para-hydroxylation sites is 2. The normalized spacial score (nSPS) is 10.9. The second kappa shape index (κ2) is 12.7. The first-order valence-corrected chi connectivity index (χ1v) is 12.7. The van der Waals surface area contributed by atoms with Crippen molar-refractivity contribution in [3.05, 3.63) is 102 Å². The molecule has 0 bridgehead atoms. The number of benzene rings is 3. The largest absolute Gasteiger partial charge is 0.444 e. The smallest absolute Gasteiger partial charge is 0.418 e. The Hall–Kier alpha value is -4.46. The average Bonchev–Trinajstić information content (AvgIpc) is 3.38. The zero-order valence-corrected chi connectivity index (χ0v) is 21.6. The lowest BCUT2D eigenvalue weighted by Gasteiger charge is -2.28. The van der Waals surface area contributed by atoms with Gasteiger partial charge in [-0.1, -0.05) is 86.6 Å². The Kier molecular flexibility index (Phi) is 8.87. The van der Waals surface area contributed by atoms with Crippen molar-refractivity contribution < 1.29 is 23.5 Å². The fourth-order valence-electron chi connectivity index (χ4n) is 3.99. The van der Waals surface area contributed by atoms with Gasteiger partial charge in [-0.05, 0) is 42.0 Å². The van der Waals surface area contributed by atoms with Crippen LogP contribution in [0, 0.1) is 5.92 Å². The molecule has 8 nitrogen and oxygen atoms in total. The first-order chi connectivity index (χ1) is 18.4. The molecule has 4 rings (SSSR count). The van der Waals surface area contributed by atoms with Gasteiger partial charge in [-0.2, -0.15) is 0 Å². The molecular formula is C30H31N3O5. The number of urea groups is 1. The van der Waals surface area contributed by atoms with Crippen molar-refractivity contribution in [2.45, 2.75) is 33.3 Å². The molecule has 1 heterocycles. The van der Waals surface area contributed by atoms with Gasteiger partial charge >= 0.3 is 18.0 Å². The summed E-state index contributed by atoms with van der Waals surface area (Å²) in [6, 6.07) is 25.2. The summed E-state index contributed by atoms with van der Waals surface area (Å²) in [5.41, 5.74) is 2.82. The number of carbonyl (C=O) groups is 3. The van der Waals surface area contributed by atoms with Crippen LogP contribution in [0.4, 0.5) is 9.59 Å². The molecule has 0 aliphatic carbocycles. The van der Waals surface area contributed by atoms with E-state index in [-0.39, 0.29) is 31.5 Å². The number of aromatic nitrogens is 1. The number of ether oxygens (including phenoxy) is 1. The minimum atomic E-state index is -0.814. The fourth-order valence-corrected chi connectivity index (χ4v) is 3.99. The summed E-state index contributed by atoms with van der Waals surface area (Å²) in [6.07, 6.45) is 0.329. The molecule has 0 saturated heterocycles. The molecule has 38 heavy (non-hydrogen) atoms.